The maximum atomic E-state index is 12.8. The summed E-state index contributed by atoms with van der Waals surface area (Å²) in [5.74, 6) is 0.189. The summed E-state index contributed by atoms with van der Waals surface area (Å²) in [6.45, 7) is 9.40. The van der Waals surface area contributed by atoms with Gasteiger partial charge in [-0.05, 0) is 65.7 Å². The number of para-hydroxylation sites is 1. The molecule has 4 atom stereocenters. The molecule has 3 aromatic rings. The third-order valence-corrected chi connectivity index (χ3v) is 8.52. The second-order valence-corrected chi connectivity index (χ2v) is 13.3. The molecule has 1 heterocycles. The molecule has 5 rings (SSSR count). The Morgan fingerprint density at radius 2 is 1.53 bits per heavy atom. The lowest BCUT2D eigenvalue weighted by atomic mass is 9.89. The molecule has 0 radical (unpaired) electrons. The molecule has 2 unspecified atom stereocenters. The number of benzene rings is 3. The van der Waals surface area contributed by atoms with Crippen molar-refractivity contribution in [2.24, 2.45) is 17.3 Å². The van der Waals surface area contributed by atoms with Crippen LogP contribution in [0.5, 0.6) is 0 Å². The molecule has 0 spiro atoms. The number of anilines is 1. The van der Waals surface area contributed by atoms with E-state index in [-0.39, 0.29) is 17.6 Å². The highest BCUT2D eigenvalue weighted by Crippen LogP contribution is 2.40. The summed E-state index contributed by atoms with van der Waals surface area (Å²) in [6, 6.07) is 26.4. The molecular weight excluding hydrogens is 540 g/mol. The molecule has 43 heavy (non-hydrogen) atoms. The van der Waals surface area contributed by atoms with Gasteiger partial charge in [-0.1, -0.05) is 93.6 Å². The number of hydrogen-bond donors (Lipinski definition) is 2. The van der Waals surface area contributed by atoms with Crippen molar-refractivity contribution in [3.05, 3.63) is 90.0 Å². The highest BCUT2D eigenvalue weighted by Gasteiger charge is 2.42. The zero-order valence-corrected chi connectivity index (χ0v) is 25.5. The van der Waals surface area contributed by atoms with Crippen LogP contribution >= 0.6 is 0 Å². The van der Waals surface area contributed by atoms with E-state index in [9.17, 15) is 14.7 Å². The molecule has 1 saturated heterocycles. The molecule has 2 fully saturated rings. The Kier molecular flexibility index (Phi) is 9.83. The molecule has 1 aliphatic heterocycles. The number of aliphatic carboxylic acids is 1. The summed E-state index contributed by atoms with van der Waals surface area (Å²) in [5, 5.41) is 12.4. The molecule has 7 nitrogen and oxygen atoms in total. The summed E-state index contributed by atoms with van der Waals surface area (Å²) < 4.78 is 11.6. The molecule has 2 N–H and O–H groups in total. The lowest BCUT2D eigenvalue weighted by Gasteiger charge is -2.23. The van der Waals surface area contributed by atoms with Crippen LogP contribution in [0.4, 0.5) is 10.5 Å². The minimum absolute atomic E-state index is 0.0494. The first-order chi connectivity index (χ1) is 20.6. The van der Waals surface area contributed by atoms with Crippen molar-refractivity contribution >= 4 is 17.7 Å². The summed E-state index contributed by atoms with van der Waals surface area (Å²) in [5.41, 5.74) is 5.10. The zero-order chi connectivity index (χ0) is 30.4. The van der Waals surface area contributed by atoms with Gasteiger partial charge in [0.2, 0.25) is 0 Å². The van der Waals surface area contributed by atoms with Crippen LogP contribution in [-0.4, -0.2) is 54.0 Å². The number of carboxylic acid groups (broad SMARTS) is 1. The molecule has 0 aromatic heterocycles. The lowest BCUT2D eigenvalue weighted by molar-refractivity contribution is -0.152. The SMILES string of the molecule is CC(C)(C)CC(OCCc1ccc(CN2C[C@H]3CC(OC(=O)Nc4ccccc4-c4ccccc4)C[C@H]3C2)cc1)C(=O)O. The van der Waals surface area contributed by atoms with Gasteiger partial charge in [0, 0.05) is 25.2 Å². The van der Waals surface area contributed by atoms with Crippen molar-refractivity contribution in [3.8, 4) is 11.1 Å². The van der Waals surface area contributed by atoms with Gasteiger partial charge in [-0.3, -0.25) is 10.2 Å². The number of rotatable bonds is 11. The molecule has 0 bridgehead atoms. The summed E-state index contributed by atoms with van der Waals surface area (Å²) in [6.07, 6.45) is 1.78. The maximum Gasteiger partial charge on any atom is 0.411 e. The molecule has 1 saturated carbocycles. The van der Waals surface area contributed by atoms with E-state index in [2.05, 4.69) is 34.5 Å². The van der Waals surface area contributed by atoms with Crippen molar-refractivity contribution in [1.82, 2.24) is 4.90 Å². The number of carboxylic acids is 1. The fraction of sp³-hybridized carbons (Fsp3) is 0.444. The van der Waals surface area contributed by atoms with E-state index in [1.54, 1.807) is 0 Å². The van der Waals surface area contributed by atoms with Crippen LogP contribution in [0.3, 0.4) is 0 Å². The number of hydrogen-bond acceptors (Lipinski definition) is 5. The predicted molar refractivity (Wildman–Crippen MR) is 169 cm³/mol. The molecule has 1 aliphatic carbocycles. The monoisotopic (exact) mass is 584 g/mol. The van der Waals surface area contributed by atoms with Gasteiger partial charge >= 0.3 is 12.1 Å². The van der Waals surface area contributed by atoms with Crippen LogP contribution in [0, 0.1) is 17.3 Å². The smallest absolute Gasteiger partial charge is 0.411 e. The standard InChI is InChI=1S/C36H44N2O5/c1-36(2,3)21-33(34(39)40)42-18-17-25-13-15-26(16-14-25)22-38-23-28-19-30(20-29(28)24-38)43-35(41)37-32-12-8-7-11-31(32)27-9-5-4-6-10-27/h4-16,28-30,33H,17-24H2,1-3H3,(H,37,41)(H,39,40)/t28-,29+,30?,33?. The number of carbonyl (C=O) groups is 2. The van der Waals surface area contributed by atoms with E-state index in [1.807, 2.05) is 75.4 Å². The third kappa shape index (κ3) is 8.68. The Labute approximate surface area is 255 Å². The normalized spacial score (nSPS) is 20.9. The third-order valence-electron chi connectivity index (χ3n) is 8.52. The molecule has 228 valence electrons. The Balaban J connectivity index is 1.04. The first-order valence-corrected chi connectivity index (χ1v) is 15.4. The van der Waals surface area contributed by atoms with Crippen LogP contribution in [0.25, 0.3) is 11.1 Å². The largest absolute Gasteiger partial charge is 0.479 e. The number of fused-ring (bicyclic) bond motifs is 1. The highest BCUT2D eigenvalue weighted by molar-refractivity contribution is 5.91. The molecule has 1 amide bonds. The van der Waals surface area contributed by atoms with E-state index in [1.165, 1.54) is 5.56 Å². The fourth-order valence-electron chi connectivity index (χ4n) is 6.48. The Morgan fingerprint density at radius 1 is 0.907 bits per heavy atom. The second kappa shape index (κ2) is 13.7. The minimum atomic E-state index is -0.897. The van der Waals surface area contributed by atoms with Crippen molar-refractivity contribution in [1.29, 1.82) is 0 Å². The average Bonchev–Trinajstić information content (AvgIpc) is 3.51. The van der Waals surface area contributed by atoms with E-state index in [0.717, 1.165) is 54.9 Å². The summed E-state index contributed by atoms with van der Waals surface area (Å²) in [4.78, 5) is 26.8. The van der Waals surface area contributed by atoms with E-state index >= 15 is 0 Å². The van der Waals surface area contributed by atoms with E-state index < -0.39 is 12.1 Å². The minimum Gasteiger partial charge on any atom is -0.479 e. The van der Waals surface area contributed by atoms with E-state index in [0.29, 0.717) is 31.3 Å². The van der Waals surface area contributed by atoms with Gasteiger partial charge in [0.25, 0.3) is 0 Å². The Hall–Kier alpha value is -3.68. The van der Waals surface area contributed by atoms with Crippen molar-refractivity contribution < 1.29 is 24.2 Å². The van der Waals surface area contributed by atoms with Crippen molar-refractivity contribution in [2.75, 3.05) is 25.0 Å². The Morgan fingerprint density at radius 3 is 2.19 bits per heavy atom. The van der Waals surface area contributed by atoms with Crippen LogP contribution in [0.15, 0.2) is 78.9 Å². The van der Waals surface area contributed by atoms with Crippen LogP contribution in [-0.2, 0) is 27.2 Å². The average molecular weight is 585 g/mol. The number of likely N-dealkylation sites (tertiary alicyclic amines) is 1. The Bertz CT molecular complexity index is 1350. The predicted octanol–water partition coefficient (Wildman–Crippen LogP) is 7.26. The van der Waals surface area contributed by atoms with Gasteiger partial charge in [0.05, 0.1) is 12.3 Å². The fourth-order valence-corrected chi connectivity index (χ4v) is 6.48. The van der Waals surface area contributed by atoms with Gasteiger partial charge in [0.1, 0.15) is 6.10 Å². The first kappa shape index (κ1) is 30.8. The van der Waals surface area contributed by atoms with Gasteiger partial charge < -0.3 is 14.6 Å². The van der Waals surface area contributed by atoms with Gasteiger partial charge in [-0.25, -0.2) is 9.59 Å². The van der Waals surface area contributed by atoms with Crippen molar-refractivity contribution in [2.45, 2.75) is 65.2 Å². The number of nitrogens with zero attached hydrogens (tertiary/aromatic N) is 1. The zero-order valence-electron chi connectivity index (χ0n) is 25.5. The van der Waals surface area contributed by atoms with Gasteiger partial charge in [-0.15, -0.1) is 0 Å². The van der Waals surface area contributed by atoms with Gasteiger partial charge in [-0.2, -0.15) is 0 Å². The van der Waals surface area contributed by atoms with Crippen LogP contribution < -0.4 is 5.32 Å². The topological polar surface area (TPSA) is 88.1 Å². The first-order valence-electron chi connectivity index (χ1n) is 15.4. The van der Waals surface area contributed by atoms with Crippen molar-refractivity contribution in [3.63, 3.8) is 0 Å². The summed E-state index contributed by atoms with van der Waals surface area (Å²) in [7, 11) is 0. The molecule has 3 aromatic carbocycles. The van der Waals surface area contributed by atoms with Crippen LogP contribution in [0.2, 0.25) is 0 Å². The number of nitrogens with one attached hydrogen (secondary N) is 1. The summed E-state index contributed by atoms with van der Waals surface area (Å²) >= 11 is 0. The molecule has 7 heteroatoms. The second-order valence-electron chi connectivity index (χ2n) is 13.3. The number of amides is 1. The van der Waals surface area contributed by atoms with Gasteiger partial charge in [0.15, 0.2) is 6.10 Å². The lowest BCUT2D eigenvalue weighted by Crippen LogP contribution is -2.29. The number of carbonyl (C=O) groups excluding carboxylic acids is 1. The molecule has 2 aliphatic rings. The number of ether oxygens (including phenoxy) is 2. The molecular formula is C36H44N2O5. The quantitative estimate of drug-likeness (QED) is 0.247. The maximum absolute atomic E-state index is 12.8. The van der Waals surface area contributed by atoms with Crippen LogP contribution in [0.1, 0.15) is 51.2 Å². The van der Waals surface area contributed by atoms with E-state index in [4.69, 9.17) is 9.47 Å². The highest BCUT2D eigenvalue weighted by atomic mass is 16.6.